The number of nitrogens with zero attached hydrogens (tertiary/aromatic N) is 3. The highest BCUT2D eigenvalue weighted by molar-refractivity contribution is 6.11. The van der Waals surface area contributed by atoms with Crippen LogP contribution in [0.3, 0.4) is 0 Å². The molecule has 0 fully saturated rings. The van der Waals surface area contributed by atoms with Gasteiger partial charge < -0.3 is 11.1 Å². The highest BCUT2D eigenvalue weighted by Gasteiger charge is 2.24. The highest BCUT2D eigenvalue weighted by atomic mass is 16.1. The van der Waals surface area contributed by atoms with E-state index < -0.39 is 0 Å². The maximum Gasteiger partial charge on any atom is 0.257 e. The van der Waals surface area contributed by atoms with Crippen molar-refractivity contribution >= 4 is 33.9 Å². The van der Waals surface area contributed by atoms with E-state index in [1.807, 2.05) is 47.9 Å². The third-order valence-corrected chi connectivity index (χ3v) is 5.08. The van der Waals surface area contributed by atoms with Gasteiger partial charge in [0.15, 0.2) is 5.65 Å². The summed E-state index contributed by atoms with van der Waals surface area (Å²) in [5.74, 6) is 0.555. The minimum Gasteiger partial charge on any atom is -0.384 e. The van der Waals surface area contributed by atoms with Crippen LogP contribution in [0.4, 0.5) is 5.82 Å². The van der Waals surface area contributed by atoms with Gasteiger partial charge in [0.1, 0.15) is 16.9 Å². The molecule has 4 rings (SSSR count). The normalized spacial score (nSPS) is 11.4. The first-order valence-corrected chi connectivity index (χ1v) is 9.96. The monoisotopic (exact) mass is 387 g/mol. The summed E-state index contributed by atoms with van der Waals surface area (Å²) in [6, 6.07) is 15.8. The van der Waals surface area contributed by atoms with Crippen LogP contribution in [0, 0.1) is 0 Å². The largest absolute Gasteiger partial charge is 0.384 e. The smallest absolute Gasteiger partial charge is 0.257 e. The number of para-hydroxylation sites is 2. The predicted molar refractivity (Wildman–Crippen MR) is 117 cm³/mol. The quantitative estimate of drug-likeness (QED) is 0.531. The van der Waals surface area contributed by atoms with Gasteiger partial charge in [-0.25, -0.2) is 9.97 Å². The number of hydrogen-bond acceptors (Lipinski definition) is 4. The van der Waals surface area contributed by atoms with Crippen molar-refractivity contribution < 1.29 is 4.79 Å². The lowest BCUT2D eigenvalue weighted by molar-refractivity contribution is 0.0956. The maximum atomic E-state index is 12.9. The lowest BCUT2D eigenvalue weighted by Gasteiger charge is -2.10. The van der Waals surface area contributed by atoms with Crippen LogP contribution < -0.4 is 11.1 Å². The average Bonchev–Trinajstić information content (AvgIpc) is 3.01. The Labute approximate surface area is 169 Å². The van der Waals surface area contributed by atoms with Crippen molar-refractivity contribution in [3.63, 3.8) is 0 Å². The van der Waals surface area contributed by atoms with Gasteiger partial charge in [0, 0.05) is 12.2 Å². The maximum absolute atomic E-state index is 12.9. The van der Waals surface area contributed by atoms with Crippen LogP contribution in [0.1, 0.15) is 49.0 Å². The molecule has 0 radical (unpaired) electrons. The van der Waals surface area contributed by atoms with Crippen LogP contribution in [0.15, 0.2) is 48.5 Å². The minimum atomic E-state index is -0.225. The predicted octanol–water partition coefficient (Wildman–Crippen LogP) is 4.42. The van der Waals surface area contributed by atoms with Crippen molar-refractivity contribution in [2.75, 3.05) is 12.3 Å². The molecule has 0 saturated heterocycles. The van der Waals surface area contributed by atoms with Crippen molar-refractivity contribution in [3.8, 4) is 5.69 Å². The van der Waals surface area contributed by atoms with E-state index in [1.165, 1.54) is 5.56 Å². The fraction of sp³-hybridized carbons (Fsp3) is 0.261. The first-order chi connectivity index (χ1) is 14.0. The lowest BCUT2D eigenvalue weighted by atomic mass is 10.0. The summed E-state index contributed by atoms with van der Waals surface area (Å²) >= 11 is 0. The molecule has 0 spiro atoms. The number of aromatic nitrogens is 3. The van der Waals surface area contributed by atoms with Crippen LogP contribution >= 0.6 is 0 Å². The minimum absolute atomic E-state index is 0.225. The van der Waals surface area contributed by atoms with E-state index in [0.717, 1.165) is 23.1 Å². The number of fused-ring (bicyclic) bond motifs is 2. The molecule has 0 aliphatic rings. The zero-order valence-electron chi connectivity index (χ0n) is 16.9. The number of anilines is 1. The Morgan fingerprint density at radius 2 is 1.72 bits per heavy atom. The Morgan fingerprint density at radius 1 is 1.07 bits per heavy atom. The van der Waals surface area contributed by atoms with Crippen LogP contribution in [0.5, 0.6) is 0 Å². The van der Waals surface area contributed by atoms with Crippen molar-refractivity contribution in [2.45, 2.75) is 33.1 Å². The second-order valence-corrected chi connectivity index (χ2v) is 7.48. The van der Waals surface area contributed by atoms with E-state index in [-0.39, 0.29) is 5.91 Å². The van der Waals surface area contributed by atoms with Crippen molar-refractivity contribution in [1.29, 1.82) is 0 Å². The average molecular weight is 387 g/mol. The second-order valence-electron chi connectivity index (χ2n) is 7.48. The second kappa shape index (κ2) is 7.54. The van der Waals surface area contributed by atoms with Crippen LogP contribution in [0.2, 0.25) is 0 Å². The van der Waals surface area contributed by atoms with Crippen LogP contribution in [-0.4, -0.2) is 27.0 Å². The molecule has 6 heteroatoms. The third kappa shape index (κ3) is 3.31. The standard InChI is InChI=1S/C23H25N5O/c1-4-13-25-23(29)19-20-22(27-18-8-6-5-7-17(18)26-20)28(21(19)24)16-11-9-15(10-12-16)14(2)3/h5-12,14H,4,13,24H2,1-3H3,(H,25,29). The van der Waals surface area contributed by atoms with Gasteiger partial charge in [0.25, 0.3) is 5.91 Å². The number of benzene rings is 2. The number of amides is 1. The Hall–Kier alpha value is -3.41. The molecule has 0 saturated carbocycles. The molecule has 3 N–H and O–H groups in total. The molecule has 2 heterocycles. The SMILES string of the molecule is CCCNC(=O)c1c(N)n(-c2ccc(C(C)C)cc2)c2nc3ccccc3nc12. The van der Waals surface area contributed by atoms with Gasteiger partial charge in [-0.2, -0.15) is 0 Å². The number of carbonyl (C=O) groups excluding carboxylic acids is 1. The lowest BCUT2D eigenvalue weighted by Crippen LogP contribution is -2.25. The van der Waals surface area contributed by atoms with Gasteiger partial charge in [-0.1, -0.05) is 45.0 Å². The zero-order valence-corrected chi connectivity index (χ0v) is 16.9. The van der Waals surface area contributed by atoms with Gasteiger partial charge in [-0.3, -0.25) is 9.36 Å². The van der Waals surface area contributed by atoms with E-state index >= 15 is 0 Å². The summed E-state index contributed by atoms with van der Waals surface area (Å²) in [5.41, 5.74) is 11.6. The van der Waals surface area contributed by atoms with Gasteiger partial charge in [-0.15, -0.1) is 0 Å². The molecule has 4 aromatic rings. The molecule has 0 unspecified atom stereocenters. The summed E-state index contributed by atoms with van der Waals surface area (Å²) < 4.78 is 1.82. The molecule has 148 valence electrons. The molecule has 2 aromatic heterocycles. The number of rotatable bonds is 5. The Morgan fingerprint density at radius 3 is 2.34 bits per heavy atom. The Balaban J connectivity index is 1.98. The third-order valence-electron chi connectivity index (χ3n) is 5.08. The Kier molecular flexibility index (Phi) is 4.92. The first kappa shape index (κ1) is 18.9. The summed E-state index contributed by atoms with van der Waals surface area (Å²) in [6.07, 6.45) is 0.843. The molecule has 0 aliphatic heterocycles. The highest BCUT2D eigenvalue weighted by Crippen LogP contribution is 2.31. The van der Waals surface area contributed by atoms with E-state index in [0.29, 0.717) is 35.0 Å². The van der Waals surface area contributed by atoms with Crippen molar-refractivity contribution in [1.82, 2.24) is 19.9 Å². The van der Waals surface area contributed by atoms with Gasteiger partial charge in [0.2, 0.25) is 0 Å². The molecule has 0 aliphatic carbocycles. The van der Waals surface area contributed by atoms with Crippen molar-refractivity contribution in [3.05, 3.63) is 59.7 Å². The number of nitrogens with two attached hydrogens (primary N) is 1. The van der Waals surface area contributed by atoms with E-state index in [2.05, 4.69) is 31.3 Å². The number of nitrogen functional groups attached to an aromatic ring is 1. The van der Waals surface area contributed by atoms with Crippen LogP contribution in [0.25, 0.3) is 27.9 Å². The molecular formula is C23H25N5O. The molecule has 0 bridgehead atoms. The molecule has 1 amide bonds. The number of nitrogens with one attached hydrogen (secondary N) is 1. The van der Waals surface area contributed by atoms with E-state index in [4.69, 9.17) is 15.7 Å². The molecule has 2 aromatic carbocycles. The summed E-state index contributed by atoms with van der Waals surface area (Å²) in [7, 11) is 0. The topological polar surface area (TPSA) is 85.8 Å². The fourth-order valence-corrected chi connectivity index (χ4v) is 3.48. The van der Waals surface area contributed by atoms with E-state index in [1.54, 1.807) is 0 Å². The number of carbonyl (C=O) groups is 1. The van der Waals surface area contributed by atoms with E-state index in [9.17, 15) is 4.79 Å². The summed E-state index contributed by atoms with van der Waals surface area (Å²) in [6.45, 7) is 6.90. The molecule has 29 heavy (non-hydrogen) atoms. The molecule has 6 nitrogen and oxygen atoms in total. The number of hydrogen-bond donors (Lipinski definition) is 2. The van der Waals surface area contributed by atoms with Gasteiger partial charge >= 0.3 is 0 Å². The van der Waals surface area contributed by atoms with Gasteiger partial charge in [0.05, 0.1) is 11.0 Å². The zero-order chi connectivity index (χ0) is 20.5. The van der Waals surface area contributed by atoms with Crippen molar-refractivity contribution in [2.24, 2.45) is 0 Å². The van der Waals surface area contributed by atoms with Crippen LogP contribution in [-0.2, 0) is 0 Å². The summed E-state index contributed by atoms with van der Waals surface area (Å²) in [4.78, 5) is 22.4. The van der Waals surface area contributed by atoms with Gasteiger partial charge in [-0.05, 0) is 42.2 Å². The fourth-order valence-electron chi connectivity index (χ4n) is 3.48. The summed E-state index contributed by atoms with van der Waals surface area (Å²) in [5, 5.41) is 2.92. The molecule has 0 atom stereocenters. The first-order valence-electron chi connectivity index (χ1n) is 9.96. The molecular weight excluding hydrogens is 362 g/mol. The Bertz CT molecular complexity index is 1190.